The number of benzene rings is 1. The maximum Gasteiger partial charge on any atom is 0.305 e. The summed E-state index contributed by atoms with van der Waals surface area (Å²) in [5.74, 6) is 0.627. The third kappa shape index (κ3) is 4.72. The van der Waals surface area contributed by atoms with Crippen LogP contribution in [0.2, 0.25) is 0 Å². The first-order valence-electron chi connectivity index (χ1n) is 7.33. The molecule has 1 aromatic rings. The zero-order valence-corrected chi connectivity index (χ0v) is 14.0. The Morgan fingerprint density at radius 3 is 2.45 bits per heavy atom. The van der Waals surface area contributed by atoms with Crippen molar-refractivity contribution in [2.45, 2.75) is 40.0 Å². The van der Waals surface area contributed by atoms with Crippen molar-refractivity contribution in [1.29, 1.82) is 0 Å². The number of ketones is 1. The molecule has 0 heterocycles. The molecule has 0 amide bonds. The van der Waals surface area contributed by atoms with Gasteiger partial charge in [0.2, 0.25) is 0 Å². The van der Waals surface area contributed by atoms with Gasteiger partial charge in [0.25, 0.3) is 0 Å². The molecule has 0 unspecified atom stereocenters. The molecular formula is C18H24O4. The van der Waals surface area contributed by atoms with Gasteiger partial charge >= 0.3 is 5.97 Å². The number of esters is 1. The molecule has 4 nitrogen and oxygen atoms in total. The van der Waals surface area contributed by atoms with Gasteiger partial charge in [-0.1, -0.05) is 12.1 Å². The summed E-state index contributed by atoms with van der Waals surface area (Å²) in [5.41, 5.74) is 4.15. The normalized spacial score (nSPS) is 10.8. The van der Waals surface area contributed by atoms with Gasteiger partial charge in [-0.05, 0) is 61.9 Å². The number of hydrogen-bond acceptors (Lipinski definition) is 4. The van der Waals surface area contributed by atoms with Crippen molar-refractivity contribution in [2.24, 2.45) is 0 Å². The average Bonchev–Trinajstić information content (AvgIpc) is 2.46. The summed E-state index contributed by atoms with van der Waals surface area (Å²) >= 11 is 0. The quantitative estimate of drug-likeness (QED) is 0.572. The van der Waals surface area contributed by atoms with Crippen LogP contribution < -0.4 is 4.74 Å². The van der Waals surface area contributed by atoms with Crippen LogP contribution in [0.3, 0.4) is 0 Å². The molecule has 0 saturated carbocycles. The lowest BCUT2D eigenvalue weighted by Gasteiger charge is -2.16. The third-order valence-corrected chi connectivity index (χ3v) is 3.58. The molecule has 1 rings (SSSR count). The second-order valence-electron chi connectivity index (χ2n) is 5.30. The first-order valence-corrected chi connectivity index (χ1v) is 7.33. The van der Waals surface area contributed by atoms with E-state index in [0.717, 1.165) is 34.4 Å². The predicted molar refractivity (Wildman–Crippen MR) is 87.1 cm³/mol. The fourth-order valence-electron chi connectivity index (χ4n) is 2.54. The molecular weight excluding hydrogens is 280 g/mol. The van der Waals surface area contributed by atoms with Crippen molar-refractivity contribution >= 4 is 17.8 Å². The summed E-state index contributed by atoms with van der Waals surface area (Å²) < 4.78 is 10.1. The average molecular weight is 304 g/mol. The van der Waals surface area contributed by atoms with E-state index in [9.17, 15) is 9.59 Å². The van der Waals surface area contributed by atoms with E-state index in [1.54, 1.807) is 13.2 Å². The van der Waals surface area contributed by atoms with E-state index in [1.165, 1.54) is 14.0 Å². The van der Waals surface area contributed by atoms with Crippen LogP contribution in [0.4, 0.5) is 0 Å². The number of ether oxygens (including phenoxy) is 2. The summed E-state index contributed by atoms with van der Waals surface area (Å²) in [5, 5.41) is 0. The molecule has 0 radical (unpaired) electrons. The van der Waals surface area contributed by atoms with Gasteiger partial charge in [0.05, 0.1) is 14.2 Å². The molecule has 0 aliphatic rings. The Morgan fingerprint density at radius 2 is 1.91 bits per heavy atom. The Bertz CT molecular complexity index is 585. The minimum Gasteiger partial charge on any atom is -0.496 e. The number of rotatable bonds is 7. The van der Waals surface area contributed by atoms with E-state index in [2.05, 4.69) is 10.8 Å². The summed E-state index contributed by atoms with van der Waals surface area (Å²) in [6.45, 7) is 5.50. The summed E-state index contributed by atoms with van der Waals surface area (Å²) in [6.07, 6.45) is 5.22. The molecule has 0 atom stereocenters. The predicted octanol–water partition coefficient (Wildman–Crippen LogP) is 3.41. The van der Waals surface area contributed by atoms with Gasteiger partial charge in [0, 0.05) is 6.42 Å². The molecule has 0 spiro atoms. The van der Waals surface area contributed by atoms with Gasteiger partial charge < -0.3 is 9.47 Å². The Morgan fingerprint density at radius 1 is 1.23 bits per heavy atom. The minimum atomic E-state index is -0.206. The summed E-state index contributed by atoms with van der Waals surface area (Å²) in [6, 6.07) is 2.06. The number of hydrogen-bond donors (Lipinski definition) is 0. The topological polar surface area (TPSA) is 52.6 Å². The van der Waals surface area contributed by atoms with E-state index < -0.39 is 0 Å². The maximum atomic E-state index is 11.2. The van der Waals surface area contributed by atoms with E-state index >= 15 is 0 Å². The van der Waals surface area contributed by atoms with E-state index in [1.807, 2.05) is 19.9 Å². The highest BCUT2D eigenvalue weighted by molar-refractivity contribution is 5.92. The number of carbonyl (C=O) groups excluding carboxylic acids is 2. The van der Waals surface area contributed by atoms with Crippen molar-refractivity contribution < 1.29 is 19.1 Å². The smallest absolute Gasteiger partial charge is 0.305 e. The number of aryl methyl sites for hydroxylation is 2. The van der Waals surface area contributed by atoms with Crippen molar-refractivity contribution in [3.8, 4) is 5.75 Å². The van der Waals surface area contributed by atoms with Crippen LogP contribution in [-0.2, 0) is 20.7 Å². The largest absolute Gasteiger partial charge is 0.496 e. The lowest BCUT2D eigenvalue weighted by molar-refractivity contribution is -0.140. The Labute approximate surface area is 132 Å². The van der Waals surface area contributed by atoms with Gasteiger partial charge in [-0.2, -0.15) is 0 Å². The highest BCUT2D eigenvalue weighted by Crippen LogP contribution is 2.31. The molecule has 1 aromatic carbocycles. The van der Waals surface area contributed by atoms with Crippen molar-refractivity contribution in [3.63, 3.8) is 0 Å². The van der Waals surface area contributed by atoms with Crippen molar-refractivity contribution in [1.82, 2.24) is 0 Å². The highest BCUT2D eigenvalue weighted by atomic mass is 16.5. The van der Waals surface area contributed by atoms with E-state index in [0.29, 0.717) is 12.8 Å². The molecule has 4 heteroatoms. The van der Waals surface area contributed by atoms with Gasteiger partial charge in [-0.15, -0.1) is 0 Å². The molecule has 0 aliphatic heterocycles. The van der Waals surface area contributed by atoms with Crippen LogP contribution in [0.1, 0.15) is 42.0 Å². The van der Waals surface area contributed by atoms with Gasteiger partial charge in [0.1, 0.15) is 5.75 Å². The molecule has 0 bridgehead atoms. The maximum absolute atomic E-state index is 11.2. The van der Waals surface area contributed by atoms with Gasteiger partial charge in [0.15, 0.2) is 5.78 Å². The van der Waals surface area contributed by atoms with Crippen LogP contribution in [0.25, 0.3) is 6.08 Å². The van der Waals surface area contributed by atoms with Crippen LogP contribution in [0.5, 0.6) is 5.75 Å². The molecule has 0 N–H and O–H groups in total. The summed E-state index contributed by atoms with van der Waals surface area (Å²) in [7, 11) is 3.04. The Balaban J connectivity index is 3.12. The van der Waals surface area contributed by atoms with Crippen LogP contribution in [-0.4, -0.2) is 26.0 Å². The van der Waals surface area contributed by atoms with E-state index in [-0.39, 0.29) is 11.8 Å². The number of carbonyl (C=O) groups is 2. The molecule has 0 saturated heterocycles. The molecule has 0 aliphatic carbocycles. The Hall–Kier alpha value is -2.10. The standard InChI is InChI=1S/C18H24O4/c1-12-11-15(7-6-8-17(20)21-4)16(10-9-13(2)19)14(3)18(12)22-5/h9-11H,6-8H2,1-5H3. The highest BCUT2D eigenvalue weighted by Gasteiger charge is 2.12. The second-order valence-corrected chi connectivity index (χ2v) is 5.30. The van der Waals surface area contributed by atoms with Crippen molar-refractivity contribution in [3.05, 3.63) is 34.4 Å². The zero-order chi connectivity index (χ0) is 16.7. The number of allylic oxidation sites excluding steroid dienone is 1. The second kappa shape index (κ2) is 8.37. The first-order chi connectivity index (χ1) is 10.4. The molecule has 22 heavy (non-hydrogen) atoms. The van der Waals surface area contributed by atoms with Gasteiger partial charge in [-0.3, -0.25) is 9.59 Å². The zero-order valence-electron chi connectivity index (χ0n) is 14.0. The summed E-state index contributed by atoms with van der Waals surface area (Å²) in [4.78, 5) is 22.5. The molecule has 0 aromatic heterocycles. The number of methoxy groups -OCH3 is 2. The minimum absolute atomic E-state index is 0.000507. The third-order valence-electron chi connectivity index (χ3n) is 3.58. The van der Waals surface area contributed by atoms with Crippen molar-refractivity contribution in [2.75, 3.05) is 14.2 Å². The van der Waals surface area contributed by atoms with Crippen LogP contribution in [0.15, 0.2) is 12.1 Å². The molecule has 120 valence electrons. The molecule has 0 fully saturated rings. The van der Waals surface area contributed by atoms with E-state index in [4.69, 9.17) is 4.74 Å². The van der Waals surface area contributed by atoms with Gasteiger partial charge in [-0.25, -0.2) is 0 Å². The lowest BCUT2D eigenvalue weighted by Crippen LogP contribution is -2.03. The monoisotopic (exact) mass is 304 g/mol. The van der Waals surface area contributed by atoms with Crippen LogP contribution >= 0.6 is 0 Å². The fraction of sp³-hybridized carbons (Fsp3) is 0.444. The lowest BCUT2D eigenvalue weighted by atomic mass is 9.93. The fourth-order valence-corrected chi connectivity index (χ4v) is 2.54. The SMILES string of the molecule is COC(=O)CCCc1cc(C)c(OC)c(C)c1C=CC(C)=O. The Kier molecular flexibility index (Phi) is 6.83. The van der Waals surface area contributed by atoms with Crippen LogP contribution in [0, 0.1) is 13.8 Å². The first kappa shape index (κ1) is 18.0.